The minimum absolute atomic E-state index is 0.345. The molecule has 0 bridgehead atoms. The van der Waals surface area contributed by atoms with Crippen LogP contribution in [0.3, 0.4) is 0 Å². The molecular formula is C20H16N6O2. The highest BCUT2D eigenvalue weighted by Crippen LogP contribution is 2.27. The Hall–Kier alpha value is -3.94. The second kappa shape index (κ2) is 6.34. The molecule has 1 N–H and O–H groups in total. The molecule has 3 heterocycles. The third-order valence-electron chi connectivity index (χ3n) is 4.53. The summed E-state index contributed by atoms with van der Waals surface area (Å²) in [7, 11) is 1.64. The van der Waals surface area contributed by atoms with Gasteiger partial charge in [-0.3, -0.25) is 5.10 Å². The number of methoxy groups -OCH3 is 1. The van der Waals surface area contributed by atoms with Gasteiger partial charge in [0, 0.05) is 11.1 Å². The molecule has 0 aliphatic heterocycles. The van der Waals surface area contributed by atoms with Gasteiger partial charge in [-0.25, -0.2) is 4.68 Å². The van der Waals surface area contributed by atoms with Crippen LogP contribution in [0.15, 0.2) is 59.1 Å². The van der Waals surface area contributed by atoms with E-state index in [1.54, 1.807) is 7.11 Å². The number of nitrogens with one attached hydrogen (secondary N) is 1. The summed E-state index contributed by atoms with van der Waals surface area (Å²) in [6.45, 7) is 1.97. The Kier molecular flexibility index (Phi) is 3.68. The summed E-state index contributed by atoms with van der Waals surface area (Å²) in [5, 5.41) is 16.9. The lowest BCUT2D eigenvalue weighted by Gasteiger charge is -2.05. The topological polar surface area (TPSA) is 94.7 Å². The monoisotopic (exact) mass is 372 g/mol. The molecule has 0 fully saturated rings. The van der Waals surface area contributed by atoms with E-state index in [-0.39, 0.29) is 0 Å². The van der Waals surface area contributed by atoms with Crippen molar-refractivity contribution in [2.45, 2.75) is 6.92 Å². The van der Waals surface area contributed by atoms with E-state index in [1.807, 2.05) is 66.2 Å². The Morgan fingerprint density at radius 3 is 2.71 bits per heavy atom. The standard InChI is InChI=1S/C20H16N6O2/c1-12-11-17(24-26(12)13-7-9-14(27-2)10-8-13)20-21-19(25-28-20)18-15-5-3-4-6-16(15)22-23-18/h3-11H,1-2H3,(H,22,23). The highest BCUT2D eigenvalue weighted by Gasteiger charge is 2.18. The number of aromatic nitrogens is 6. The van der Waals surface area contributed by atoms with Crippen molar-refractivity contribution in [1.29, 1.82) is 0 Å². The number of rotatable bonds is 4. The number of para-hydroxylation sites is 1. The molecule has 28 heavy (non-hydrogen) atoms. The molecule has 0 radical (unpaired) electrons. The zero-order valence-electron chi connectivity index (χ0n) is 15.2. The molecular weight excluding hydrogens is 356 g/mol. The molecule has 5 aromatic rings. The van der Waals surface area contributed by atoms with E-state index in [0.29, 0.717) is 23.1 Å². The lowest BCUT2D eigenvalue weighted by molar-refractivity contribution is 0.414. The van der Waals surface area contributed by atoms with E-state index >= 15 is 0 Å². The first-order valence-corrected chi connectivity index (χ1v) is 8.71. The summed E-state index contributed by atoms with van der Waals surface area (Å²) >= 11 is 0. The van der Waals surface area contributed by atoms with Gasteiger partial charge in [-0.15, -0.1) is 0 Å². The SMILES string of the molecule is COc1ccc(-n2nc(-c3nc(-c4n[nH]c5ccccc45)no3)cc2C)cc1. The summed E-state index contributed by atoms with van der Waals surface area (Å²) in [5.41, 5.74) is 4.04. The fourth-order valence-corrected chi connectivity index (χ4v) is 3.12. The Morgan fingerprint density at radius 2 is 1.89 bits per heavy atom. The molecule has 5 rings (SSSR count). The maximum Gasteiger partial charge on any atom is 0.278 e. The van der Waals surface area contributed by atoms with Crippen molar-refractivity contribution in [2.75, 3.05) is 7.11 Å². The number of ether oxygens (including phenoxy) is 1. The van der Waals surface area contributed by atoms with Crippen molar-refractivity contribution in [2.24, 2.45) is 0 Å². The van der Waals surface area contributed by atoms with E-state index in [4.69, 9.17) is 9.26 Å². The van der Waals surface area contributed by atoms with Crippen LogP contribution < -0.4 is 4.74 Å². The molecule has 3 aromatic heterocycles. The Morgan fingerprint density at radius 1 is 1.07 bits per heavy atom. The van der Waals surface area contributed by atoms with E-state index < -0.39 is 0 Å². The predicted molar refractivity (Wildman–Crippen MR) is 103 cm³/mol. The number of benzene rings is 2. The van der Waals surface area contributed by atoms with Gasteiger partial charge in [0.15, 0.2) is 5.69 Å². The highest BCUT2D eigenvalue weighted by molar-refractivity contribution is 5.91. The van der Waals surface area contributed by atoms with Gasteiger partial charge in [-0.1, -0.05) is 23.4 Å². The normalized spacial score (nSPS) is 11.2. The van der Waals surface area contributed by atoms with Gasteiger partial charge in [0.05, 0.1) is 18.3 Å². The Balaban J connectivity index is 1.51. The maximum absolute atomic E-state index is 5.45. The molecule has 0 unspecified atom stereocenters. The first-order chi connectivity index (χ1) is 13.7. The first kappa shape index (κ1) is 16.2. The van der Waals surface area contributed by atoms with Crippen molar-refractivity contribution in [3.05, 3.63) is 60.3 Å². The van der Waals surface area contributed by atoms with E-state index in [2.05, 4.69) is 25.4 Å². The number of aromatic amines is 1. The van der Waals surface area contributed by atoms with Crippen molar-refractivity contribution in [3.8, 4) is 34.5 Å². The molecule has 0 atom stereocenters. The number of nitrogens with zero attached hydrogens (tertiary/aromatic N) is 5. The molecule has 0 aliphatic carbocycles. The zero-order valence-corrected chi connectivity index (χ0v) is 15.2. The van der Waals surface area contributed by atoms with Gasteiger partial charge in [0.1, 0.15) is 11.4 Å². The van der Waals surface area contributed by atoms with Crippen molar-refractivity contribution in [1.82, 2.24) is 30.1 Å². The molecule has 0 spiro atoms. The van der Waals surface area contributed by atoms with Crippen molar-refractivity contribution < 1.29 is 9.26 Å². The van der Waals surface area contributed by atoms with Crippen molar-refractivity contribution >= 4 is 10.9 Å². The Bertz CT molecular complexity index is 1270. The van der Waals surface area contributed by atoms with Gasteiger partial charge in [-0.2, -0.15) is 15.2 Å². The second-order valence-corrected chi connectivity index (χ2v) is 6.32. The minimum Gasteiger partial charge on any atom is -0.497 e. The fraction of sp³-hybridized carbons (Fsp3) is 0.100. The lowest BCUT2D eigenvalue weighted by Crippen LogP contribution is -1.98. The summed E-state index contributed by atoms with van der Waals surface area (Å²) in [6, 6.07) is 17.4. The van der Waals surface area contributed by atoms with Crippen LogP contribution in [0.4, 0.5) is 0 Å². The quantitative estimate of drug-likeness (QED) is 0.516. The van der Waals surface area contributed by atoms with Crippen LogP contribution in [-0.2, 0) is 0 Å². The highest BCUT2D eigenvalue weighted by atomic mass is 16.5. The summed E-state index contributed by atoms with van der Waals surface area (Å²) < 4.78 is 12.5. The average Bonchev–Trinajstić information content (AvgIpc) is 3.45. The summed E-state index contributed by atoms with van der Waals surface area (Å²) in [4.78, 5) is 4.49. The molecule has 0 aliphatic rings. The van der Waals surface area contributed by atoms with Gasteiger partial charge in [-0.05, 0) is 43.3 Å². The molecule has 138 valence electrons. The number of hydrogen-bond donors (Lipinski definition) is 1. The molecule has 2 aromatic carbocycles. The third kappa shape index (κ3) is 2.62. The maximum atomic E-state index is 5.45. The van der Waals surface area contributed by atoms with E-state index in [1.165, 1.54) is 0 Å². The van der Waals surface area contributed by atoms with E-state index in [9.17, 15) is 0 Å². The average molecular weight is 372 g/mol. The van der Waals surface area contributed by atoms with Gasteiger partial charge in [0.2, 0.25) is 5.82 Å². The molecule has 0 saturated carbocycles. The summed E-state index contributed by atoms with van der Waals surface area (Å²) in [6.07, 6.45) is 0. The minimum atomic E-state index is 0.345. The van der Waals surface area contributed by atoms with Gasteiger partial charge >= 0.3 is 0 Å². The largest absolute Gasteiger partial charge is 0.497 e. The van der Waals surface area contributed by atoms with Crippen LogP contribution >= 0.6 is 0 Å². The van der Waals surface area contributed by atoms with Crippen LogP contribution in [0.25, 0.3) is 39.7 Å². The van der Waals surface area contributed by atoms with Crippen LogP contribution in [-0.4, -0.2) is 37.2 Å². The van der Waals surface area contributed by atoms with Gasteiger partial charge < -0.3 is 9.26 Å². The molecule has 8 nitrogen and oxygen atoms in total. The number of aryl methyl sites for hydroxylation is 1. The molecule has 0 amide bonds. The van der Waals surface area contributed by atoms with Crippen LogP contribution in [0.5, 0.6) is 5.75 Å². The lowest BCUT2D eigenvalue weighted by atomic mass is 10.2. The van der Waals surface area contributed by atoms with Gasteiger partial charge in [0.25, 0.3) is 5.89 Å². The van der Waals surface area contributed by atoms with Crippen LogP contribution in [0, 0.1) is 6.92 Å². The predicted octanol–water partition coefficient (Wildman–Crippen LogP) is 3.78. The fourth-order valence-electron chi connectivity index (χ4n) is 3.12. The van der Waals surface area contributed by atoms with Crippen LogP contribution in [0.2, 0.25) is 0 Å². The zero-order chi connectivity index (χ0) is 19.1. The molecule has 0 saturated heterocycles. The van der Waals surface area contributed by atoms with Crippen molar-refractivity contribution in [3.63, 3.8) is 0 Å². The molecule has 8 heteroatoms. The summed E-state index contributed by atoms with van der Waals surface area (Å²) in [5.74, 6) is 1.56. The Labute approximate surface area is 159 Å². The third-order valence-corrected chi connectivity index (χ3v) is 4.53. The smallest absolute Gasteiger partial charge is 0.278 e. The number of H-pyrrole nitrogens is 1. The van der Waals surface area contributed by atoms with E-state index in [0.717, 1.165) is 28.0 Å². The number of hydrogen-bond acceptors (Lipinski definition) is 6. The number of fused-ring (bicyclic) bond motifs is 1. The van der Waals surface area contributed by atoms with Crippen LogP contribution in [0.1, 0.15) is 5.69 Å². The first-order valence-electron chi connectivity index (χ1n) is 8.71. The second-order valence-electron chi connectivity index (χ2n) is 6.32.